The number of rotatable bonds is 1. The second-order valence-corrected chi connectivity index (χ2v) is 2.56. The zero-order valence-corrected chi connectivity index (χ0v) is 5.39. The maximum Gasteiger partial charge on any atom is 0.105 e. The maximum atomic E-state index is 9.39. The van der Waals surface area contributed by atoms with Crippen LogP contribution in [0.1, 0.15) is 6.92 Å². The Labute approximate surface area is 54.3 Å². The Morgan fingerprint density at radius 3 is 2.44 bits per heavy atom. The lowest BCUT2D eigenvalue weighted by Crippen LogP contribution is -2.62. The van der Waals surface area contributed by atoms with Gasteiger partial charge in [-0.15, -0.1) is 0 Å². The van der Waals surface area contributed by atoms with E-state index in [4.69, 9.17) is 5.26 Å². The molecule has 9 heavy (non-hydrogen) atoms. The van der Waals surface area contributed by atoms with Crippen LogP contribution in [-0.4, -0.2) is 23.8 Å². The fourth-order valence-electron chi connectivity index (χ4n) is 0.807. The van der Waals surface area contributed by atoms with E-state index < -0.39 is 5.60 Å². The Bertz CT molecular complexity index is 146. The summed E-state index contributed by atoms with van der Waals surface area (Å²) in [6.45, 7) is 2.85. The minimum absolute atomic E-state index is 0.251. The van der Waals surface area contributed by atoms with E-state index in [0.29, 0.717) is 13.1 Å². The molecule has 0 aromatic heterocycles. The van der Waals surface area contributed by atoms with Crippen molar-refractivity contribution in [2.75, 3.05) is 13.1 Å². The van der Waals surface area contributed by atoms with Gasteiger partial charge in [-0.3, -0.25) is 0 Å². The summed E-state index contributed by atoms with van der Waals surface area (Å²) in [5.41, 5.74) is -0.741. The van der Waals surface area contributed by atoms with Crippen molar-refractivity contribution >= 4 is 0 Å². The third kappa shape index (κ3) is 0.913. The fourth-order valence-corrected chi connectivity index (χ4v) is 0.807. The Balaban J connectivity index is 2.51. The molecule has 1 aliphatic heterocycles. The molecule has 0 saturated carbocycles. The zero-order chi connectivity index (χ0) is 6.91. The molecule has 0 radical (unpaired) electrons. The molecule has 0 amide bonds. The van der Waals surface area contributed by atoms with E-state index in [0.717, 1.165) is 0 Å². The minimum Gasteiger partial charge on any atom is -0.386 e. The molecule has 1 aliphatic rings. The lowest BCUT2D eigenvalue weighted by molar-refractivity contribution is -0.0379. The molecular formula is C6H10N2O. The molecule has 2 N–H and O–H groups in total. The van der Waals surface area contributed by atoms with Crippen LogP contribution >= 0.6 is 0 Å². The summed E-state index contributed by atoms with van der Waals surface area (Å²) in [6, 6.07) is 2.02. The first-order chi connectivity index (χ1) is 4.19. The zero-order valence-electron chi connectivity index (χ0n) is 5.39. The van der Waals surface area contributed by atoms with Gasteiger partial charge in [-0.2, -0.15) is 5.26 Å². The number of hydrogen-bond acceptors (Lipinski definition) is 3. The van der Waals surface area contributed by atoms with Crippen LogP contribution in [0.2, 0.25) is 0 Å². The molecule has 50 valence electrons. The molecule has 0 aliphatic carbocycles. The predicted octanol–water partition coefficient (Wildman–Crippen LogP) is -0.520. The number of nitrogens with one attached hydrogen (secondary N) is 1. The van der Waals surface area contributed by atoms with Crippen LogP contribution in [0, 0.1) is 17.2 Å². The third-order valence-electron chi connectivity index (χ3n) is 1.86. The van der Waals surface area contributed by atoms with E-state index in [1.165, 1.54) is 0 Å². The summed E-state index contributed by atoms with van der Waals surface area (Å²) in [6.07, 6.45) is 0. The number of nitrogens with zero attached hydrogens (tertiary/aromatic N) is 1. The number of β-amino-alcohol motifs (C(OH)–C–C–N with tert-alkyl or cyclic N) is 1. The lowest BCUT2D eigenvalue weighted by Gasteiger charge is -2.39. The Kier molecular flexibility index (Phi) is 1.43. The molecule has 1 unspecified atom stereocenters. The first-order valence-corrected chi connectivity index (χ1v) is 3.02. The van der Waals surface area contributed by atoms with Crippen LogP contribution in [0.15, 0.2) is 0 Å². The fraction of sp³-hybridized carbons (Fsp3) is 0.833. The first kappa shape index (κ1) is 6.53. The summed E-state index contributed by atoms with van der Waals surface area (Å²) in [4.78, 5) is 0. The topological polar surface area (TPSA) is 56.0 Å². The monoisotopic (exact) mass is 126 g/mol. The lowest BCUT2D eigenvalue weighted by atomic mass is 9.85. The number of hydrogen-bond donors (Lipinski definition) is 2. The average molecular weight is 126 g/mol. The van der Waals surface area contributed by atoms with Crippen molar-refractivity contribution in [3.05, 3.63) is 0 Å². The molecule has 1 saturated heterocycles. The van der Waals surface area contributed by atoms with Crippen molar-refractivity contribution in [1.82, 2.24) is 5.32 Å². The smallest absolute Gasteiger partial charge is 0.105 e. The third-order valence-corrected chi connectivity index (χ3v) is 1.86. The quantitative estimate of drug-likeness (QED) is 0.497. The standard InChI is InChI=1S/C6H10N2O/c1-5(2-7)6(9)3-8-4-6/h5,8-9H,3-4H2,1H3. The minimum atomic E-state index is -0.741. The summed E-state index contributed by atoms with van der Waals surface area (Å²) >= 11 is 0. The van der Waals surface area contributed by atoms with Gasteiger partial charge in [0.05, 0.1) is 12.0 Å². The van der Waals surface area contributed by atoms with Gasteiger partial charge in [-0.05, 0) is 6.92 Å². The normalized spacial score (nSPS) is 25.9. The summed E-state index contributed by atoms with van der Waals surface area (Å²) in [5.74, 6) is -0.251. The van der Waals surface area contributed by atoms with Gasteiger partial charge in [0.15, 0.2) is 0 Å². The molecule has 0 aromatic carbocycles. The predicted molar refractivity (Wildman–Crippen MR) is 32.6 cm³/mol. The molecule has 1 atom stereocenters. The molecule has 0 spiro atoms. The van der Waals surface area contributed by atoms with E-state index in [9.17, 15) is 5.11 Å². The highest BCUT2D eigenvalue weighted by molar-refractivity contribution is 5.04. The second-order valence-electron chi connectivity index (χ2n) is 2.56. The van der Waals surface area contributed by atoms with Gasteiger partial charge in [0.25, 0.3) is 0 Å². The SMILES string of the molecule is CC(C#N)C1(O)CNC1. The molecule has 0 bridgehead atoms. The Morgan fingerprint density at radius 1 is 1.78 bits per heavy atom. The number of aliphatic hydroxyl groups is 1. The van der Waals surface area contributed by atoms with Crippen molar-refractivity contribution in [2.24, 2.45) is 5.92 Å². The van der Waals surface area contributed by atoms with Crippen LogP contribution in [0.3, 0.4) is 0 Å². The Morgan fingerprint density at radius 2 is 2.33 bits per heavy atom. The molecular weight excluding hydrogens is 116 g/mol. The van der Waals surface area contributed by atoms with E-state index in [1.807, 2.05) is 6.07 Å². The molecule has 1 rings (SSSR count). The van der Waals surface area contributed by atoms with E-state index in [1.54, 1.807) is 6.92 Å². The van der Waals surface area contributed by atoms with Crippen LogP contribution < -0.4 is 5.32 Å². The van der Waals surface area contributed by atoms with Crippen molar-refractivity contribution < 1.29 is 5.11 Å². The van der Waals surface area contributed by atoms with Gasteiger partial charge < -0.3 is 10.4 Å². The molecule has 0 aromatic rings. The maximum absolute atomic E-state index is 9.39. The van der Waals surface area contributed by atoms with E-state index in [2.05, 4.69) is 5.32 Å². The van der Waals surface area contributed by atoms with Gasteiger partial charge >= 0.3 is 0 Å². The highest BCUT2D eigenvalue weighted by atomic mass is 16.3. The summed E-state index contributed by atoms with van der Waals surface area (Å²) in [7, 11) is 0. The Hall–Kier alpha value is -0.590. The van der Waals surface area contributed by atoms with Gasteiger partial charge in [0.2, 0.25) is 0 Å². The first-order valence-electron chi connectivity index (χ1n) is 3.02. The van der Waals surface area contributed by atoms with Crippen LogP contribution in [0.25, 0.3) is 0 Å². The molecule has 3 nitrogen and oxygen atoms in total. The van der Waals surface area contributed by atoms with Crippen molar-refractivity contribution in [2.45, 2.75) is 12.5 Å². The van der Waals surface area contributed by atoms with Crippen LogP contribution in [0.5, 0.6) is 0 Å². The largest absolute Gasteiger partial charge is 0.386 e. The molecule has 1 fully saturated rings. The van der Waals surface area contributed by atoms with Crippen LogP contribution in [-0.2, 0) is 0 Å². The number of nitriles is 1. The van der Waals surface area contributed by atoms with Crippen molar-refractivity contribution in [3.8, 4) is 6.07 Å². The average Bonchev–Trinajstić information content (AvgIpc) is 1.81. The van der Waals surface area contributed by atoms with Gasteiger partial charge in [0, 0.05) is 13.1 Å². The summed E-state index contributed by atoms with van der Waals surface area (Å²) < 4.78 is 0. The van der Waals surface area contributed by atoms with Crippen molar-refractivity contribution in [3.63, 3.8) is 0 Å². The highest BCUT2D eigenvalue weighted by Crippen LogP contribution is 2.20. The van der Waals surface area contributed by atoms with Gasteiger partial charge in [-0.1, -0.05) is 0 Å². The highest BCUT2D eigenvalue weighted by Gasteiger charge is 2.39. The second kappa shape index (κ2) is 1.98. The van der Waals surface area contributed by atoms with Gasteiger partial charge in [-0.25, -0.2) is 0 Å². The van der Waals surface area contributed by atoms with E-state index in [-0.39, 0.29) is 5.92 Å². The van der Waals surface area contributed by atoms with Gasteiger partial charge in [0.1, 0.15) is 5.60 Å². The van der Waals surface area contributed by atoms with E-state index >= 15 is 0 Å². The summed E-state index contributed by atoms with van der Waals surface area (Å²) in [5, 5.41) is 20.7. The molecule has 1 heterocycles. The molecule has 3 heteroatoms. The van der Waals surface area contributed by atoms with Crippen LogP contribution in [0.4, 0.5) is 0 Å². The van der Waals surface area contributed by atoms with Crippen molar-refractivity contribution in [1.29, 1.82) is 5.26 Å².